The zero-order valence-corrected chi connectivity index (χ0v) is 7.28. The molecule has 1 saturated heterocycles. The van der Waals surface area contributed by atoms with Gasteiger partial charge in [-0.2, -0.15) is 10.1 Å². The molecule has 0 aliphatic carbocycles. The third kappa shape index (κ3) is 2.18. The highest BCUT2D eigenvalue weighted by atomic mass is 16.5. The van der Waals surface area contributed by atoms with Crippen molar-refractivity contribution < 1.29 is 9.26 Å². The first-order valence-electron chi connectivity index (χ1n) is 4.47. The molecule has 5 nitrogen and oxygen atoms in total. The molecule has 0 radical (unpaired) electrons. The lowest BCUT2D eigenvalue weighted by Gasteiger charge is -2.19. The van der Waals surface area contributed by atoms with E-state index in [2.05, 4.69) is 10.1 Å². The molecular formula is C8H12N2O3. The molecule has 1 aromatic heterocycles. The van der Waals surface area contributed by atoms with Gasteiger partial charge in [0.1, 0.15) is 0 Å². The summed E-state index contributed by atoms with van der Waals surface area (Å²) in [5.41, 5.74) is -0.401. The van der Waals surface area contributed by atoms with Crippen molar-refractivity contribution in [3.63, 3.8) is 0 Å². The van der Waals surface area contributed by atoms with Crippen molar-refractivity contribution in [1.29, 1.82) is 0 Å². The molecule has 13 heavy (non-hydrogen) atoms. The Kier molecular flexibility index (Phi) is 2.44. The van der Waals surface area contributed by atoms with Crippen LogP contribution in [0.4, 0.5) is 0 Å². The summed E-state index contributed by atoms with van der Waals surface area (Å²) in [4.78, 5) is 14.3. The predicted octanol–water partition coefficient (Wildman–Crippen LogP) is 0.332. The number of aromatic amines is 1. The molecule has 5 heteroatoms. The average molecular weight is 184 g/mol. The fourth-order valence-electron chi connectivity index (χ4n) is 1.55. The second-order valence-electron chi connectivity index (χ2n) is 3.27. The van der Waals surface area contributed by atoms with Crippen LogP contribution < -0.4 is 5.69 Å². The van der Waals surface area contributed by atoms with Crippen molar-refractivity contribution in [2.75, 3.05) is 13.2 Å². The smallest absolute Gasteiger partial charge is 0.377 e. The van der Waals surface area contributed by atoms with Crippen LogP contribution in [-0.4, -0.2) is 23.4 Å². The van der Waals surface area contributed by atoms with Gasteiger partial charge in [0.25, 0.3) is 0 Å². The van der Waals surface area contributed by atoms with E-state index in [1.54, 1.807) is 0 Å². The Morgan fingerprint density at radius 3 is 2.85 bits per heavy atom. The number of nitrogens with one attached hydrogen (secondary N) is 1. The minimum absolute atomic E-state index is 0.401. The Morgan fingerprint density at radius 1 is 1.46 bits per heavy atom. The largest absolute Gasteiger partial charge is 0.381 e. The lowest BCUT2D eigenvalue weighted by molar-refractivity contribution is 0.0642. The molecule has 1 aliphatic rings. The number of nitrogens with zero attached hydrogens (tertiary/aromatic N) is 1. The molecule has 2 rings (SSSR count). The summed E-state index contributed by atoms with van der Waals surface area (Å²) in [6.45, 7) is 1.61. The van der Waals surface area contributed by atoms with Crippen molar-refractivity contribution in [3.05, 3.63) is 16.4 Å². The summed E-state index contributed by atoms with van der Waals surface area (Å²) < 4.78 is 10.1. The van der Waals surface area contributed by atoms with Crippen LogP contribution in [0.15, 0.2) is 9.32 Å². The van der Waals surface area contributed by atoms with Gasteiger partial charge in [0.05, 0.1) is 0 Å². The first-order valence-corrected chi connectivity index (χ1v) is 4.47. The molecule has 0 amide bonds. The Morgan fingerprint density at radius 2 is 2.23 bits per heavy atom. The summed E-state index contributed by atoms with van der Waals surface area (Å²) >= 11 is 0. The van der Waals surface area contributed by atoms with Gasteiger partial charge >= 0.3 is 5.69 Å². The Balaban J connectivity index is 1.93. The highest BCUT2D eigenvalue weighted by Gasteiger charge is 2.16. The number of H-pyrrole nitrogens is 1. The van der Waals surface area contributed by atoms with Crippen LogP contribution in [0.5, 0.6) is 0 Å². The number of aromatic nitrogens is 2. The standard InChI is InChI=1S/C8H12N2O3/c11-8-9-7(13-10-8)5-6-1-3-12-4-2-6/h6H,1-5H2,(H,10,11). The van der Waals surface area contributed by atoms with E-state index in [-0.39, 0.29) is 0 Å². The second-order valence-corrected chi connectivity index (χ2v) is 3.27. The van der Waals surface area contributed by atoms with E-state index < -0.39 is 5.69 Å². The quantitative estimate of drug-likeness (QED) is 0.719. The maximum absolute atomic E-state index is 10.6. The molecule has 0 unspecified atom stereocenters. The van der Waals surface area contributed by atoms with Crippen molar-refractivity contribution in [2.24, 2.45) is 5.92 Å². The number of hydrogen-bond donors (Lipinski definition) is 1. The number of ether oxygens (including phenoxy) is 1. The minimum atomic E-state index is -0.401. The summed E-state index contributed by atoms with van der Waals surface area (Å²) in [6, 6.07) is 0. The molecule has 2 heterocycles. The van der Waals surface area contributed by atoms with Crippen LogP contribution in [-0.2, 0) is 11.2 Å². The van der Waals surface area contributed by atoms with Gasteiger partial charge in [0.2, 0.25) is 5.89 Å². The van der Waals surface area contributed by atoms with Crippen LogP contribution in [0, 0.1) is 5.92 Å². The topological polar surface area (TPSA) is 68.1 Å². The van der Waals surface area contributed by atoms with E-state index in [9.17, 15) is 4.79 Å². The summed E-state index contributed by atoms with van der Waals surface area (Å²) in [5.74, 6) is 1.05. The van der Waals surface area contributed by atoms with Gasteiger partial charge in [-0.3, -0.25) is 0 Å². The Hall–Kier alpha value is -1.10. The van der Waals surface area contributed by atoms with Gasteiger partial charge in [-0.25, -0.2) is 4.79 Å². The molecule has 1 fully saturated rings. The predicted molar refractivity (Wildman–Crippen MR) is 44.4 cm³/mol. The lowest BCUT2D eigenvalue weighted by Crippen LogP contribution is -2.18. The average Bonchev–Trinajstić information content (AvgIpc) is 2.53. The summed E-state index contributed by atoms with van der Waals surface area (Å²) in [7, 11) is 0. The van der Waals surface area contributed by atoms with Crippen LogP contribution in [0.2, 0.25) is 0 Å². The van der Waals surface area contributed by atoms with Gasteiger partial charge in [0, 0.05) is 19.6 Å². The number of hydrogen-bond acceptors (Lipinski definition) is 4. The molecule has 0 spiro atoms. The minimum Gasteiger partial charge on any atom is -0.381 e. The van der Waals surface area contributed by atoms with E-state index in [0.29, 0.717) is 11.8 Å². The zero-order valence-electron chi connectivity index (χ0n) is 7.28. The third-order valence-electron chi connectivity index (χ3n) is 2.29. The molecule has 1 N–H and O–H groups in total. The Bertz CT molecular complexity index is 311. The van der Waals surface area contributed by atoms with Gasteiger partial charge in [-0.1, -0.05) is 0 Å². The van der Waals surface area contributed by atoms with Crippen LogP contribution in [0.3, 0.4) is 0 Å². The molecule has 1 aromatic rings. The van der Waals surface area contributed by atoms with E-state index in [1.165, 1.54) is 0 Å². The maximum atomic E-state index is 10.6. The van der Waals surface area contributed by atoms with Crippen molar-refractivity contribution in [2.45, 2.75) is 19.3 Å². The zero-order chi connectivity index (χ0) is 9.10. The monoisotopic (exact) mass is 184 g/mol. The molecule has 0 atom stereocenters. The fourth-order valence-corrected chi connectivity index (χ4v) is 1.55. The molecule has 1 aliphatic heterocycles. The first kappa shape index (κ1) is 8.50. The van der Waals surface area contributed by atoms with E-state index >= 15 is 0 Å². The van der Waals surface area contributed by atoms with E-state index in [1.807, 2.05) is 0 Å². The summed E-state index contributed by atoms with van der Waals surface area (Å²) in [5, 5.41) is 2.19. The van der Waals surface area contributed by atoms with Crippen molar-refractivity contribution in [1.82, 2.24) is 10.1 Å². The second kappa shape index (κ2) is 3.74. The molecule has 0 aromatic carbocycles. The lowest BCUT2D eigenvalue weighted by atomic mass is 9.97. The van der Waals surface area contributed by atoms with Gasteiger partial charge in [-0.15, -0.1) is 0 Å². The highest BCUT2D eigenvalue weighted by Crippen LogP contribution is 2.18. The number of rotatable bonds is 2. The van der Waals surface area contributed by atoms with E-state index in [4.69, 9.17) is 9.26 Å². The van der Waals surface area contributed by atoms with Crippen LogP contribution in [0.25, 0.3) is 0 Å². The van der Waals surface area contributed by atoms with E-state index in [0.717, 1.165) is 32.5 Å². The molecular weight excluding hydrogens is 172 g/mol. The van der Waals surface area contributed by atoms with Gasteiger partial charge in [0.15, 0.2) is 0 Å². The first-order chi connectivity index (χ1) is 6.34. The molecule has 72 valence electrons. The SMILES string of the molecule is O=c1nc(CC2CCOCC2)o[nH]1. The van der Waals surface area contributed by atoms with Crippen LogP contribution in [0.1, 0.15) is 18.7 Å². The van der Waals surface area contributed by atoms with Crippen molar-refractivity contribution in [3.8, 4) is 0 Å². The molecule has 0 bridgehead atoms. The fraction of sp³-hybridized carbons (Fsp3) is 0.750. The van der Waals surface area contributed by atoms with Gasteiger partial charge < -0.3 is 9.26 Å². The maximum Gasteiger partial charge on any atom is 0.377 e. The Labute approximate surface area is 75.1 Å². The van der Waals surface area contributed by atoms with Crippen molar-refractivity contribution >= 4 is 0 Å². The third-order valence-corrected chi connectivity index (χ3v) is 2.29. The van der Waals surface area contributed by atoms with Crippen LogP contribution >= 0.6 is 0 Å². The van der Waals surface area contributed by atoms with Gasteiger partial charge in [-0.05, 0) is 18.8 Å². The normalized spacial score (nSPS) is 19.1. The molecule has 0 saturated carbocycles. The highest BCUT2D eigenvalue weighted by molar-refractivity contribution is 4.80. The summed E-state index contributed by atoms with van der Waals surface area (Å²) in [6.07, 6.45) is 2.79.